The van der Waals surface area contributed by atoms with Gasteiger partial charge in [0.15, 0.2) is 0 Å². The summed E-state index contributed by atoms with van der Waals surface area (Å²) in [5.74, 6) is -0.869. The number of anilines is 1. The Bertz CT molecular complexity index is 1840. The van der Waals surface area contributed by atoms with Gasteiger partial charge in [-0.1, -0.05) is 115 Å². The van der Waals surface area contributed by atoms with Gasteiger partial charge in [0.25, 0.3) is 10.0 Å². The van der Waals surface area contributed by atoms with Crippen LogP contribution < -0.4 is 9.62 Å². The van der Waals surface area contributed by atoms with Crippen LogP contribution in [-0.2, 0) is 32.6 Å². The number of carbonyl (C=O) groups is 2. The van der Waals surface area contributed by atoms with Gasteiger partial charge < -0.3 is 10.2 Å². The van der Waals surface area contributed by atoms with Crippen molar-refractivity contribution >= 4 is 62.3 Å². The molecule has 1 saturated carbocycles. The average Bonchev–Trinajstić information content (AvgIpc) is 3.09. The number of nitrogens with zero attached hydrogens (tertiary/aromatic N) is 2. The van der Waals surface area contributed by atoms with Gasteiger partial charge >= 0.3 is 0 Å². The van der Waals surface area contributed by atoms with Gasteiger partial charge in [0.2, 0.25) is 11.8 Å². The zero-order chi connectivity index (χ0) is 34.3. The van der Waals surface area contributed by atoms with E-state index in [-0.39, 0.29) is 35.5 Å². The van der Waals surface area contributed by atoms with E-state index >= 15 is 0 Å². The molecule has 252 valence electrons. The molecule has 1 aliphatic carbocycles. The van der Waals surface area contributed by atoms with E-state index in [1.54, 1.807) is 48.5 Å². The summed E-state index contributed by atoms with van der Waals surface area (Å²) in [6, 6.07) is 26.3. The number of rotatable bonds is 12. The molecule has 1 N–H and O–H groups in total. The van der Waals surface area contributed by atoms with Gasteiger partial charge in [-0.05, 0) is 72.9 Å². The van der Waals surface area contributed by atoms with Crippen LogP contribution in [0.15, 0.2) is 102 Å². The molecule has 0 saturated heterocycles. The molecule has 0 unspecified atom stereocenters. The van der Waals surface area contributed by atoms with Crippen molar-refractivity contribution in [3.63, 3.8) is 0 Å². The predicted molar refractivity (Wildman–Crippen MR) is 193 cm³/mol. The predicted octanol–water partition coefficient (Wildman–Crippen LogP) is 8.24. The molecule has 48 heavy (non-hydrogen) atoms. The molecule has 1 aliphatic rings. The molecule has 0 bridgehead atoms. The first-order valence-electron chi connectivity index (χ1n) is 15.9. The van der Waals surface area contributed by atoms with Crippen molar-refractivity contribution in [1.29, 1.82) is 0 Å². The third kappa shape index (κ3) is 8.91. The number of benzene rings is 4. The first-order chi connectivity index (χ1) is 23.0. The fraction of sp³-hybridized carbons (Fsp3) is 0.297. The van der Waals surface area contributed by atoms with Crippen LogP contribution in [0.2, 0.25) is 15.1 Å². The van der Waals surface area contributed by atoms with E-state index in [1.165, 1.54) is 23.1 Å². The van der Waals surface area contributed by atoms with E-state index in [2.05, 4.69) is 5.32 Å². The first kappa shape index (κ1) is 35.7. The van der Waals surface area contributed by atoms with Gasteiger partial charge in [-0.2, -0.15) is 0 Å². The maximum atomic E-state index is 14.7. The second-order valence-electron chi connectivity index (χ2n) is 12.1. The molecule has 4 aromatic rings. The van der Waals surface area contributed by atoms with Gasteiger partial charge in [0, 0.05) is 24.0 Å². The van der Waals surface area contributed by atoms with Gasteiger partial charge in [-0.3, -0.25) is 13.9 Å². The Kier molecular flexibility index (Phi) is 12.1. The highest BCUT2D eigenvalue weighted by Gasteiger charge is 2.35. The van der Waals surface area contributed by atoms with Crippen LogP contribution in [0.1, 0.15) is 48.8 Å². The Labute approximate surface area is 297 Å². The SMILES string of the molecule is Cc1ccc(N(CC(=O)N(Cc2ccc(Cl)c(Cl)c2)[C@@H](Cc2ccccc2)C(=O)NC2CCCCC2)S(=O)(=O)c2ccccc2)cc1Cl. The number of nitrogens with one attached hydrogen (secondary N) is 1. The molecule has 4 aromatic carbocycles. The lowest BCUT2D eigenvalue weighted by molar-refractivity contribution is -0.140. The normalized spacial score (nSPS) is 14.2. The first-order valence-corrected chi connectivity index (χ1v) is 18.5. The third-order valence-electron chi connectivity index (χ3n) is 8.61. The Balaban J connectivity index is 1.58. The van der Waals surface area contributed by atoms with Crippen LogP contribution in [-0.4, -0.2) is 43.8 Å². The van der Waals surface area contributed by atoms with Crippen molar-refractivity contribution in [2.24, 2.45) is 0 Å². The number of sulfonamides is 1. The Hall–Kier alpha value is -3.56. The van der Waals surface area contributed by atoms with Gasteiger partial charge in [0.1, 0.15) is 12.6 Å². The van der Waals surface area contributed by atoms with Crippen molar-refractivity contribution in [3.05, 3.63) is 129 Å². The molecular weight excluding hydrogens is 689 g/mol. The molecule has 1 fully saturated rings. The van der Waals surface area contributed by atoms with Gasteiger partial charge in [0.05, 0.1) is 20.6 Å². The highest BCUT2D eigenvalue weighted by atomic mass is 35.5. The zero-order valence-corrected chi connectivity index (χ0v) is 29.7. The Morgan fingerprint density at radius 2 is 1.46 bits per heavy atom. The number of aryl methyl sites for hydroxylation is 1. The average molecular weight is 727 g/mol. The van der Waals surface area contributed by atoms with Crippen molar-refractivity contribution < 1.29 is 18.0 Å². The minimum absolute atomic E-state index is 0.00360. The van der Waals surface area contributed by atoms with E-state index in [4.69, 9.17) is 34.8 Å². The van der Waals surface area contributed by atoms with E-state index in [9.17, 15) is 18.0 Å². The minimum Gasteiger partial charge on any atom is -0.352 e. The lowest BCUT2D eigenvalue weighted by Crippen LogP contribution is -2.55. The van der Waals surface area contributed by atoms with Crippen LogP contribution in [0.3, 0.4) is 0 Å². The van der Waals surface area contributed by atoms with Gasteiger partial charge in [-0.15, -0.1) is 0 Å². The summed E-state index contributed by atoms with van der Waals surface area (Å²) in [7, 11) is -4.24. The molecule has 0 heterocycles. The molecule has 0 aliphatic heterocycles. The Morgan fingerprint density at radius 1 is 0.792 bits per heavy atom. The quantitative estimate of drug-likeness (QED) is 0.159. The maximum absolute atomic E-state index is 14.7. The van der Waals surface area contributed by atoms with Crippen molar-refractivity contribution in [2.45, 2.75) is 69.0 Å². The van der Waals surface area contributed by atoms with Crippen molar-refractivity contribution in [3.8, 4) is 0 Å². The minimum atomic E-state index is -4.24. The highest BCUT2D eigenvalue weighted by Crippen LogP contribution is 2.30. The number of amides is 2. The van der Waals surface area contributed by atoms with Crippen molar-refractivity contribution in [2.75, 3.05) is 10.8 Å². The summed E-state index contributed by atoms with van der Waals surface area (Å²) in [6.07, 6.45) is 5.10. The molecule has 2 amide bonds. The molecule has 1 atom stereocenters. The molecule has 5 rings (SSSR count). The smallest absolute Gasteiger partial charge is 0.264 e. The third-order valence-corrected chi connectivity index (χ3v) is 11.5. The second-order valence-corrected chi connectivity index (χ2v) is 15.2. The van der Waals surface area contributed by atoms with Crippen LogP contribution in [0, 0.1) is 6.92 Å². The molecule has 0 spiro atoms. The fourth-order valence-corrected chi connectivity index (χ4v) is 7.84. The summed E-state index contributed by atoms with van der Waals surface area (Å²) in [4.78, 5) is 30.4. The monoisotopic (exact) mass is 725 g/mol. The lowest BCUT2D eigenvalue weighted by atomic mass is 9.94. The summed E-state index contributed by atoms with van der Waals surface area (Å²) >= 11 is 19.1. The second kappa shape index (κ2) is 16.2. The van der Waals surface area contributed by atoms with Gasteiger partial charge in [-0.25, -0.2) is 8.42 Å². The van der Waals surface area contributed by atoms with E-state index in [0.717, 1.165) is 47.5 Å². The van der Waals surface area contributed by atoms with Crippen molar-refractivity contribution in [1.82, 2.24) is 10.2 Å². The lowest BCUT2D eigenvalue weighted by Gasteiger charge is -2.35. The number of halogens is 3. The summed E-state index contributed by atoms with van der Waals surface area (Å²) < 4.78 is 29.4. The van der Waals surface area contributed by atoms with E-state index < -0.39 is 28.5 Å². The topological polar surface area (TPSA) is 86.8 Å². The Morgan fingerprint density at radius 3 is 2.10 bits per heavy atom. The van der Waals surface area contributed by atoms with Crippen LogP contribution in [0.25, 0.3) is 0 Å². The number of hydrogen-bond acceptors (Lipinski definition) is 4. The van der Waals surface area contributed by atoms with Crippen LogP contribution in [0.5, 0.6) is 0 Å². The molecular formula is C37H38Cl3N3O4S. The fourth-order valence-electron chi connectivity index (χ4n) is 5.92. The van der Waals surface area contributed by atoms with E-state index in [0.29, 0.717) is 20.6 Å². The summed E-state index contributed by atoms with van der Waals surface area (Å²) in [5.41, 5.74) is 2.47. The molecule has 11 heteroatoms. The number of hydrogen-bond donors (Lipinski definition) is 1. The maximum Gasteiger partial charge on any atom is 0.264 e. The molecule has 0 aromatic heterocycles. The summed E-state index contributed by atoms with van der Waals surface area (Å²) in [5, 5.41) is 4.22. The highest BCUT2D eigenvalue weighted by molar-refractivity contribution is 7.92. The van der Waals surface area contributed by atoms with E-state index in [1.807, 2.05) is 37.3 Å². The van der Waals surface area contributed by atoms with Crippen LogP contribution in [0.4, 0.5) is 5.69 Å². The molecule has 7 nitrogen and oxygen atoms in total. The standard InChI is InChI=1S/C37H38Cl3N3O4S/c1-26-17-19-30(23-33(26)39)43(48(46,47)31-15-9-4-10-16-31)25-36(44)42(24-28-18-20-32(38)34(40)21-28)35(22-27-11-5-2-6-12-27)37(45)41-29-13-7-3-8-14-29/h2,4-6,9-12,15-21,23,29,35H,3,7-8,13-14,22,24-25H2,1H3,(H,41,45)/t35-/m0/s1. The summed E-state index contributed by atoms with van der Waals surface area (Å²) in [6.45, 7) is 1.21. The zero-order valence-electron chi connectivity index (χ0n) is 26.6. The largest absolute Gasteiger partial charge is 0.352 e. The number of carbonyl (C=O) groups excluding carboxylic acids is 2. The van der Waals surface area contributed by atoms with Crippen LogP contribution >= 0.6 is 34.8 Å². The molecule has 0 radical (unpaired) electrons.